The van der Waals surface area contributed by atoms with Crippen LogP contribution in [0.3, 0.4) is 0 Å². The van der Waals surface area contributed by atoms with E-state index in [4.69, 9.17) is 0 Å². The molecule has 0 saturated heterocycles. The van der Waals surface area contributed by atoms with Crippen molar-refractivity contribution in [1.82, 2.24) is 14.8 Å². The lowest BCUT2D eigenvalue weighted by Crippen LogP contribution is -2.12. The number of thiazole rings is 1. The van der Waals surface area contributed by atoms with Gasteiger partial charge in [-0.25, -0.2) is 4.98 Å². The minimum Gasteiger partial charge on any atom is -0.296 e. The molecule has 0 atom stereocenters. The summed E-state index contributed by atoms with van der Waals surface area (Å²) in [4.78, 5) is 17.9. The minimum atomic E-state index is -0.185. The summed E-state index contributed by atoms with van der Waals surface area (Å²) in [6, 6.07) is 1.78. The summed E-state index contributed by atoms with van der Waals surface area (Å²) in [5.41, 5.74) is 2.56. The monoisotopic (exact) mass is 276 g/mol. The number of fused-ring (bicyclic) bond motifs is 1. The van der Waals surface area contributed by atoms with E-state index in [1.54, 1.807) is 22.1 Å². The van der Waals surface area contributed by atoms with Crippen molar-refractivity contribution in [3.8, 4) is 0 Å². The van der Waals surface area contributed by atoms with Gasteiger partial charge < -0.3 is 0 Å². The number of nitrogens with zero attached hydrogens (tertiary/aromatic N) is 3. The maximum atomic E-state index is 12.1. The van der Waals surface area contributed by atoms with Crippen LogP contribution < -0.4 is 5.32 Å². The maximum absolute atomic E-state index is 12.1. The highest BCUT2D eigenvalue weighted by Crippen LogP contribution is 2.29. The second-order valence-electron chi connectivity index (χ2n) is 4.84. The number of nitrogens with one attached hydrogen (secondary N) is 1. The van der Waals surface area contributed by atoms with Gasteiger partial charge in [-0.05, 0) is 38.7 Å². The smallest absolute Gasteiger partial charge is 0.277 e. The molecule has 0 bridgehead atoms. The molecule has 0 spiro atoms. The second-order valence-corrected chi connectivity index (χ2v) is 5.93. The van der Waals surface area contributed by atoms with E-state index in [9.17, 15) is 4.79 Å². The van der Waals surface area contributed by atoms with Crippen LogP contribution in [-0.4, -0.2) is 20.7 Å². The predicted octanol–water partition coefficient (Wildman–Crippen LogP) is 2.32. The Balaban J connectivity index is 1.77. The fourth-order valence-electron chi connectivity index (χ4n) is 2.24. The van der Waals surface area contributed by atoms with Gasteiger partial charge in [0.05, 0.1) is 5.69 Å². The molecule has 6 heteroatoms. The fourth-order valence-corrected chi connectivity index (χ4v) is 3.28. The van der Waals surface area contributed by atoms with E-state index in [0.717, 1.165) is 24.2 Å². The Morgan fingerprint density at radius 1 is 1.42 bits per heavy atom. The molecule has 19 heavy (non-hydrogen) atoms. The summed E-state index contributed by atoms with van der Waals surface area (Å²) in [7, 11) is 1.83. The third-order valence-electron chi connectivity index (χ3n) is 3.41. The van der Waals surface area contributed by atoms with Gasteiger partial charge in [0, 0.05) is 17.6 Å². The average molecular weight is 276 g/mol. The zero-order valence-electron chi connectivity index (χ0n) is 11.1. The van der Waals surface area contributed by atoms with Crippen molar-refractivity contribution in [3.05, 3.63) is 28.0 Å². The standard InChI is InChI=1S/C13H16N4OS/c1-8-7-10(16-17(8)2)12(18)15-13-14-9-5-3-4-6-11(9)19-13/h7H,3-6H2,1-2H3,(H,14,15,18). The number of anilines is 1. The van der Waals surface area contributed by atoms with Crippen molar-refractivity contribution < 1.29 is 4.79 Å². The van der Waals surface area contributed by atoms with Crippen molar-refractivity contribution in [2.24, 2.45) is 7.05 Å². The van der Waals surface area contributed by atoms with Crippen molar-refractivity contribution in [2.75, 3.05) is 5.32 Å². The summed E-state index contributed by atoms with van der Waals surface area (Å²) in [5, 5.41) is 7.71. The molecular formula is C13H16N4OS. The highest BCUT2D eigenvalue weighted by atomic mass is 32.1. The lowest BCUT2D eigenvalue weighted by atomic mass is 10.0. The Bertz CT molecular complexity index is 586. The molecule has 5 nitrogen and oxygen atoms in total. The molecule has 2 aromatic rings. The Morgan fingerprint density at radius 2 is 2.21 bits per heavy atom. The highest BCUT2D eigenvalue weighted by molar-refractivity contribution is 7.15. The van der Waals surface area contributed by atoms with E-state index in [0.29, 0.717) is 10.8 Å². The third-order valence-corrected chi connectivity index (χ3v) is 4.49. The molecule has 1 amide bonds. The molecule has 100 valence electrons. The molecule has 0 aromatic carbocycles. The van der Waals surface area contributed by atoms with E-state index < -0.39 is 0 Å². The number of aromatic nitrogens is 3. The third kappa shape index (κ3) is 2.40. The first kappa shape index (κ1) is 12.3. The van der Waals surface area contributed by atoms with Gasteiger partial charge >= 0.3 is 0 Å². The first-order valence-corrected chi connectivity index (χ1v) is 7.25. The number of carbonyl (C=O) groups excluding carboxylic acids is 1. The molecule has 1 aliphatic rings. The minimum absolute atomic E-state index is 0.185. The normalized spacial score (nSPS) is 14.2. The van der Waals surface area contributed by atoms with Crippen molar-refractivity contribution >= 4 is 22.4 Å². The predicted molar refractivity (Wildman–Crippen MR) is 74.7 cm³/mol. The Labute approximate surface area is 115 Å². The highest BCUT2D eigenvalue weighted by Gasteiger charge is 2.18. The summed E-state index contributed by atoms with van der Waals surface area (Å²) >= 11 is 1.59. The van der Waals surface area contributed by atoms with Gasteiger partial charge in [-0.15, -0.1) is 11.3 Å². The van der Waals surface area contributed by atoms with Gasteiger partial charge in [-0.3, -0.25) is 14.8 Å². The van der Waals surface area contributed by atoms with E-state index in [2.05, 4.69) is 15.4 Å². The van der Waals surface area contributed by atoms with Crippen molar-refractivity contribution in [1.29, 1.82) is 0 Å². The molecule has 0 aliphatic heterocycles. The lowest BCUT2D eigenvalue weighted by molar-refractivity contribution is 0.102. The van der Waals surface area contributed by atoms with E-state index in [1.807, 2.05) is 14.0 Å². The summed E-state index contributed by atoms with van der Waals surface area (Å²) in [5.74, 6) is -0.185. The Kier molecular flexibility index (Phi) is 3.10. The maximum Gasteiger partial charge on any atom is 0.277 e. The van der Waals surface area contributed by atoms with E-state index >= 15 is 0 Å². The van der Waals surface area contributed by atoms with Gasteiger partial charge in [0.2, 0.25) is 0 Å². The second kappa shape index (κ2) is 4.77. The summed E-state index contributed by atoms with van der Waals surface area (Å²) in [6.45, 7) is 1.92. The summed E-state index contributed by atoms with van der Waals surface area (Å²) < 4.78 is 1.70. The van der Waals surface area contributed by atoms with Crippen LogP contribution in [0.2, 0.25) is 0 Å². The average Bonchev–Trinajstić information content (AvgIpc) is 2.93. The molecule has 0 saturated carbocycles. The molecule has 1 aliphatic carbocycles. The van der Waals surface area contributed by atoms with Crippen LogP contribution in [0.4, 0.5) is 5.13 Å². The topological polar surface area (TPSA) is 59.8 Å². The van der Waals surface area contributed by atoms with Gasteiger partial charge in [-0.2, -0.15) is 5.10 Å². The quantitative estimate of drug-likeness (QED) is 0.915. The van der Waals surface area contributed by atoms with Crippen LogP contribution in [0.15, 0.2) is 6.07 Å². The number of rotatable bonds is 2. The Morgan fingerprint density at radius 3 is 2.89 bits per heavy atom. The van der Waals surface area contributed by atoms with Gasteiger partial charge in [0.15, 0.2) is 10.8 Å². The van der Waals surface area contributed by atoms with Crippen molar-refractivity contribution in [2.45, 2.75) is 32.6 Å². The first-order chi connectivity index (χ1) is 9.13. The molecule has 1 N–H and O–H groups in total. The van der Waals surface area contributed by atoms with Crippen LogP contribution in [0, 0.1) is 6.92 Å². The van der Waals surface area contributed by atoms with E-state index in [-0.39, 0.29) is 5.91 Å². The van der Waals surface area contributed by atoms with Gasteiger partial charge in [0.25, 0.3) is 5.91 Å². The van der Waals surface area contributed by atoms with Crippen LogP contribution >= 0.6 is 11.3 Å². The number of carbonyl (C=O) groups is 1. The fraction of sp³-hybridized carbons (Fsp3) is 0.462. The van der Waals surface area contributed by atoms with Gasteiger partial charge in [-0.1, -0.05) is 0 Å². The number of hydrogen-bond donors (Lipinski definition) is 1. The molecule has 2 heterocycles. The molecule has 2 aromatic heterocycles. The SMILES string of the molecule is Cc1cc(C(=O)Nc2nc3c(s2)CCCC3)nn1C. The van der Waals surface area contributed by atoms with Gasteiger partial charge in [0.1, 0.15) is 0 Å². The zero-order chi connectivity index (χ0) is 13.4. The van der Waals surface area contributed by atoms with Crippen LogP contribution in [-0.2, 0) is 19.9 Å². The van der Waals surface area contributed by atoms with Crippen LogP contribution in [0.1, 0.15) is 39.6 Å². The first-order valence-electron chi connectivity index (χ1n) is 6.44. The number of amides is 1. The van der Waals surface area contributed by atoms with E-state index in [1.165, 1.54) is 17.7 Å². The molecular weight excluding hydrogens is 260 g/mol. The largest absolute Gasteiger partial charge is 0.296 e. The summed E-state index contributed by atoms with van der Waals surface area (Å²) in [6.07, 6.45) is 4.54. The van der Waals surface area contributed by atoms with Crippen LogP contribution in [0.25, 0.3) is 0 Å². The zero-order valence-corrected chi connectivity index (χ0v) is 11.9. The number of aryl methyl sites for hydroxylation is 4. The van der Waals surface area contributed by atoms with Crippen molar-refractivity contribution in [3.63, 3.8) is 0 Å². The van der Waals surface area contributed by atoms with Crippen LogP contribution in [0.5, 0.6) is 0 Å². The molecule has 3 rings (SSSR count). The molecule has 0 fully saturated rings. The Hall–Kier alpha value is -1.69. The molecule has 0 unspecified atom stereocenters. The number of hydrogen-bond acceptors (Lipinski definition) is 4. The molecule has 0 radical (unpaired) electrons. The lowest BCUT2D eigenvalue weighted by Gasteiger charge is -2.06.